The minimum Gasteiger partial charge on any atom is -0.353 e. The fraction of sp³-hybridized carbons (Fsp3) is 0.143. The van der Waals surface area contributed by atoms with Gasteiger partial charge in [0.1, 0.15) is 6.17 Å². The highest BCUT2D eigenvalue weighted by Crippen LogP contribution is 2.50. The number of anilines is 3. The lowest BCUT2D eigenvalue weighted by Gasteiger charge is -2.32. The fourth-order valence-corrected chi connectivity index (χ4v) is 4.56. The van der Waals surface area contributed by atoms with Gasteiger partial charge in [-0.25, -0.2) is 0 Å². The summed E-state index contributed by atoms with van der Waals surface area (Å²) in [6.45, 7) is 4.47. The number of hydrogen-bond acceptors (Lipinski definition) is 2. The molecule has 0 aromatic heterocycles. The molecule has 0 spiro atoms. The van der Waals surface area contributed by atoms with E-state index in [1.54, 1.807) is 0 Å². The van der Waals surface area contributed by atoms with Gasteiger partial charge in [-0.05, 0) is 54.8 Å². The maximum Gasteiger partial charge on any atom is 0.103 e. The summed E-state index contributed by atoms with van der Waals surface area (Å²) in [6.07, 6.45) is 0.218. The van der Waals surface area contributed by atoms with Crippen molar-refractivity contribution in [2.45, 2.75) is 20.0 Å². The van der Waals surface area contributed by atoms with Crippen molar-refractivity contribution in [3.05, 3.63) is 103 Å². The summed E-state index contributed by atoms with van der Waals surface area (Å²) in [5.41, 5.74) is 10.1. The molecule has 2 heteroatoms. The molecule has 1 unspecified atom stereocenters. The Morgan fingerprint density at radius 1 is 0.633 bits per heavy atom. The molecule has 4 aromatic carbocycles. The van der Waals surface area contributed by atoms with Crippen LogP contribution in [-0.4, -0.2) is 13.2 Å². The van der Waals surface area contributed by atoms with Gasteiger partial charge in [-0.1, -0.05) is 72.8 Å². The lowest BCUT2D eigenvalue weighted by atomic mass is 9.92. The van der Waals surface area contributed by atoms with Crippen molar-refractivity contribution >= 4 is 17.1 Å². The van der Waals surface area contributed by atoms with Gasteiger partial charge in [0.25, 0.3) is 0 Å². The van der Waals surface area contributed by atoms with Crippen LogP contribution in [0.1, 0.15) is 12.5 Å². The zero-order valence-corrected chi connectivity index (χ0v) is 17.7. The average Bonchev–Trinajstić information content (AvgIpc) is 3.05. The van der Waals surface area contributed by atoms with Gasteiger partial charge in [0.2, 0.25) is 0 Å². The SMILES string of the molecule is Cc1cc(-c2ccccc2)c(N2c3ccccc3N(C)C2C)c(-c2ccccc2)c1. The van der Waals surface area contributed by atoms with Gasteiger partial charge in [0, 0.05) is 18.2 Å². The molecule has 148 valence electrons. The van der Waals surface area contributed by atoms with Gasteiger partial charge in [-0.15, -0.1) is 0 Å². The van der Waals surface area contributed by atoms with Crippen molar-refractivity contribution in [3.8, 4) is 22.3 Å². The predicted octanol–water partition coefficient (Wildman–Crippen LogP) is 7.26. The van der Waals surface area contributed by atoms with Crippen LogP contribution in [0.2, 0.25) is 0 Å². The molecule has 0 radical (unpaired) electrons. The highest BCUT2D eigenvalue weighted by molar-refractivity contribution is 5.98. The van der Waals surface area contributed by atoms with Gasteiger partial charge in [0.05, 0.1) is 17.1 Å². The summed E-state index contributed by atoms with van der Waals surface area (Å²) in [7, 11) is 2.18. The molecule has 4 aromatic rings. The minimum atomic E-state index is 0.218. The Bertz CT molecular complexity index is 1120. The smallest absolute Gasteiger partial charge is 0.103 e. The van der Waals surface area contributed by atoms with Crippen LogP contribution in [0.3, 0.4) is 0 Å². The van der Waals surface area contributed by atoms with Gasteiger partial charge in [-0.2, -0.15) is 0 Å². The Balaban J connectivity index is 1.85. The molecule has 0 saturated heterocycles. The van der Waals surface area contributed by atoms with E-state index < -0.39 is 0 Å². The lowest BCUT2D eigenvalue weighted by Crippen LogP contribution is -2.36. The van der Waals surface area contributed by atoms with Crippen molar-refractivity contribution in [2.24, 2.45) is 0 Å². The number of benzene rings is 4. The number of rotatable bonds is 3. The van der Waals surface area contributed by atoms with E-state index in [1.165, 1.54) is 44.9 Å². The molecule has 0 saturated carbocycles. The van der Waals surface area contributed by atoms with E-state index in [4.69, 9.17) is 0 Å². The molecule has 0 bridgehead atoms. The third-order valence-corrected chi connectivity index (χ3v) is 6.12. The van der Waals surface area contributed by atoms with E-state index in [1.807, 2.05) is 0 Å². The van der Waals surface area contributed by atoms with E-state index >= 15 is 0 Å². The molecule has 1 aliphatic rings. The molecule has 0 aliphatic carbocycles. The summed E-state index contributed by atoms with van der Waals surface area (Å²) in [4.78, 5) is 4.86. The van der Waals surface area contributed by atoms with Gasteiger partial charge >= 0.3 is 0 Å². The van der Waals surface area contributed by atoms with Crippen molar-refractivity contribution in [1.82, 2.24) is 0 Å². The predicted molar refractivity (Wildman–Crippen MR) is 128 cm³/mol. The van der Waals surface area contributed by atoms with E-state index in [-0.39, 0.29) is 6.17 Å². The maximum absolute atomic E-state index is 2.50. The van der Waals surface area contributed by atoms with Crippen LogP contribution >= 0.6 is 0 Å². The van der Waals surface area contributed by atoms with Crippen molar-refractivity contribution in [2.75, 3.05) is 16.8 Å². The molecule has 1 heterocycles. The Labute approximate surface area is 179 Å². The van der Waals surface area contributed by atoms with E-state index in [9.17, 15) is 0 Å². The largest absolute Gasteiger partial charge is 0.353 e. The average molecular weight is 391 g/mol. The second-order valence-electron chi connectivity index (χ2n) is 8.04. The minimum absolute atomic E-state index is 0.218. The monoisotopic (exact) mass is 390 g/mol. The number of nitrogens with zero attached hydrogens (tertiary/aromatic N) is 2. The number of aryl methyl sites for hydroxylation is 1. The molecule has 5 rings (SSSR count). The van der Waals surface area contributed by atoms with Crippen molar-refractivity contribution in [1.29, 1.82) is 0 Å². The molecule has 2 nitrogen and oxygen atoms in total. The fourth-order valence-electron chi connectivity index (χ4n) is 4.56. The molecule has 0 fully saturated rings. The van der Waals surface area contributed by atoms with Crippen molar-refractivity contribution in [3.63, 3.8) is 0 Å². The Morgan fingerprint density at radius 2 is 1.10 bits per heavy atom. The van der Waals surface area contributed by atoms with Gasteiger partial charge in [-0.3, -0.25) is 0 Å². The first-order valence-corrected chi connectivity index (χ1v) is 10.5. The lowest BCUT2D eigenvalue weighted by molar-refractivity contribution is 0.735. The number of hydrogen-bond donors (Lipinski definition) is 0. The molecule has 0 N–H and O–H groups in total. The molecular formula is C28H26N2. The molecule has 1 aliphatic heterocycles. The number of para-hydroxylation sites is 2. The third-order valence-electron chi connectivity index (χ3n) is 6.12. The van der Waals surface area contributed by atoms with Gasteiger partial charge < -0.3 is 9.80 Å². The van der Waals surface area contributed by atoms with Crippen LogP contribution < -0.4 is 9.80 Å². The van der Waals surface area contributed by atoms with E-state index in [0.29, 0.717) is 0 Å². The van der Waals surface area contributed by atoms with Crippen LogP contribution in [0.25, 0.3) is 22.3 Å². The van der Waals surface area contributed by atoms with Crippen LogP contribution in [0.5, 0.6) is 0 Å². The third kappa shape index (κ3) is 2.96. The Morgan fingerprint density at radius 3 is 1.63 bits per heavy atom. The normalized spacial score (nSPS) is 15.4. The van der Waals surface area contributed by atoms with Crippen LogP contribution in [0.15, 0.2) is 97.1 Å². The Kier molecular flexibility index (Phi) is 4.55. The topological polar surface area (TPSA) is 6.48 Å². The maximum atomic E-state index is 2.50. The number of fused-ring (bicyclic) bond motifs is 1. The summed E-state index contributed by atoms with van der Waals surface area (Å²) in [6, 6.07) is 34.9. The van der Waals surface area contributed by atoms with Crippen molar-refractivity contribution < 1.29 is 0 Å². The standard InChI is InChI=1S/C28H26N2/c1-20-18-24(22-12-6-4-7-13-22)28(25(19-20)23-14-8-5-9-15-23)30-21(2)29(3)26-16-10-11-17-27(26)30/h4-19,21H,1-3H3. The van der Waals surface area contributed by atoms with Crippen LogP contribution in [0, 0.1) is 6.92 Å². The highest BCUT2D eigenvalue weighted by atomic mass is 15.4. The first-order valence-electron chi connectivity index (χ1n) is 10.5. The molecular weight excluding hydrogens is 364 g/mol. The summed E-state index contributed by atoms with van der Waals surface area (Å²) in [5, 5.41) is 0. The summed E-state index contributed by atoms with van der Waals surface area (Å²) in [5.74, 6) is 0. The Hall–Kier alpha value is -3.52. The van der Waals surface area contributed by atoms with Crippen LogP contribution in [-0.2, 0) is 0 Å². The molecule has 0 amide bonds. The van der Waals surface area contributed by atoms with E-state index in [0.717, 1.165) is 0 Å². The first kappa shape index (κ1) is 18.5. The highest BCUT2D eigenvalue weighted by Gasteiger charge is 2.34. The summed E-state index contributed by atoms with van der Waals surface area (Å²) >= 11 is 0. The molecule has 30 heavy (non-hydrogen) atoms. The zero-order valence-electron chi connectivity index (χ0n) is 17.7. The van der Waals surface area contributed by atoms with Crippen LogP contribution in [0.4, 0.5) is 17.1 Å². The second-order valence-corrected chi connectivity index (χ2v) is 8.04. The zero-order chi connectivity index (χ0) is 20.7. The first-order chi connectivity index (χ1) is 14.6. The molecule has 1 atom stereocenters. The second kappa shape index (κ2) is 7.38. The van der Waals surface area contributed by atoms with Gasteiger partial charge in [0.15, 0.2) is 0 Å². The quantitative estimate of drug-likeness (QED) is 0.363. The van der Waals surface area contributed by atoms with E-state index in [2.05, 4.69) is 128 Å². The summed E-state index contributed by atoms with van der Waals surface area (Å²) < 4.78 is 0.